The maximum Gasteiger partial charge on any atom is 0.280 e. The molecule has 0 atom stereocenters. The summed E-state index contributed by atoms with van der Waals surface area (Å²) in [5.41, 5.74) is 2.48. The molecule has 212 valence electrons. The molecule has 0 aliphatic carbocycles. The van der Waals surface area contributed by atoms with Crippen LogP contribution in [0.15, 0.2) is 136 Å². The molecule has 0 aliphatic heterocycles. The van der Waals surface area contributed by atoms with E-state index >= 15 is 0 Å². The fourth-order valence-corrected chi connectivity index (χ4v) is 6.80. The van der Waals surface area contributed by atoms with E-state index in [0.29, 0.717) is 34.1 Å². The van der Waals surface area contributed by atoms with Gasteiger partial charge in [-0.2, -0.15) is 0 Å². The molecule has 0 fully saturated rings. The van der Waals surface area contributed by atoms with Gasteiger partial charge in [0.1, 0.15) is 11.6 Å². The largest absolute Gasteiger partial charge is 0.497 e. The third kappa shape index (κ3) is 4.54. The van der Waals surface area contributed by atoms with Gasteiger partial charge in [-0.1, -0.05) is 36.4 Å². The van der Waals surface area contributed by atoms with Crippen LogP contribution in [-0.2, 0) is 9.84 Å². The van der Waals surface area contributed by atoms with Gasteiger partial charge in [-0.15, -0.1) is 0 Å². The molecule has 0 unspecified atom stereocenters. The van der Waals surface area contributed by atoms with Gasteiger partial charge in [0.25, 0.3) is 5.56 Å². The highest BCUT2D eigenvalue weighted by molar-refractivity contribution is 7.91. The van der Waals surface area contributed by atoms with Crippen molar-refractivity contribution in [2.75, 3.05) is 12.4 Å². The van der Waals surface area contributed by atoms with Crippen molar-refractivity contribution in [3.63, 3.8) is 0 Å². The van der Waals surface area contributed by atoms with Gasteiger partial charge in [0.05, 0.1) is 39.2 Å². The first-order valence-electron chi connectivity index (χ1n) is 13.5. The number of hydrogen-bond acceptors (Lipinski definition) is 6. The van der Waals surface area contributed by atoms with Crippen LogP contribution in [-0.4, -0.2) is 34.9 Å². The van der Waals surface area contributed by atoms with Crippen molar-refractivity contribution >= 4 is 43.1 Å². The Morgan fingerprint density at radius 2 is 1.65 bits per heavy atom. The first-order valence-corrected chi connectivity index (χ1v) is 14.9. The molecular formula is C33H25N5O4S. The average Bonchev–Trinajstić information content (AvgIpc) is 3.63. The number of H-pyrrole nitrogens is 1. The Hall–Kier alpha value is -5.61. The molecule has 0 bridgehead atoms. The molecule has 0 saturated carbocycles. The lowest BCUT2D eigenvalue weighted by Crippen LogP contribution is -2.20. The quantitative estimate of drug-likeness (QED) is 0.228. The van der Waals surface area contributed by atoms with Crippen LogP contribution < -0.4 is 15.6 Å². The molecule has 2 N–H and O–H groups in total. The topological polar surface area (TPSA) is 111 Å². The Morgan fingerprint density at radius 1 is 0.814 bits per heavy atom. The van der Waals surface area contributed by atoms with Crippen molar-refractivity contribution in [3.8, 4) is 17.1 Å². The number of benzene rings is 4. The van der Waals surface area contributed by atoms with Gasteiger partial charge < -0.3 is 15.0 Å². The highest BCUT2D eigenvalue weighted by Crippen LogP contribution is 2.34. The summed E-state index contributed by atoms with van der Waals surface area (Å²) in [4.78, 5) is 21.9. The second-order valence-electron chi connectivity index (χ2n) is 9.90. The highest BCUT2D eigenvalue weighted by Gasteiger charge is 2.28. The van der Waals surface area contributed by atoms with Gasteiger partial charge in [-0.25, -0.2) is 22.8 Å². The fourth-order valence-electron chi connectivity index (χ4n) is 5.28. The first-order chi connectivity index (χ1) is 20.9. The second kappa shape index (κ2) is 10.3. The lowest BCUT2D eigenvalue weighted by Gasteiger charge is -2.14. The zero-order valence-corrected chi connectivity index (χ0v) is 23.7. The van der Waals surface area contributed by atoms with Crippen molar-refractivity contribution in [1.82, 2.24) is 19.3 Å². The number of hydrogen-bond donors (Lipinski definition) is 2. The normalized spacial score (nSPS) is 11.7. The molecule has 0 radical (unpaired) electrons. The number of nitrogens with zero attached hydrogens (tertiary/aromatic N) is 3. The Labute approximate surface area is 246 Å². The van der Waals surface area contributed by atoms with Crippen LogP contribution in [0.1, 0.15) is 0 Å². The third-order valence-electron chi connectivity index (χ3n) is 7.28. The van der Waals surface area contributed by atoms with E-state index in [2.05, 4.69) is 15.3 Å². The number of anilines is 2. The van der Waals surface area contributed by atoms with Crippen LogP contribution in [0.2, 0.25) is 0 Å². The standard InChI is InChI=1S/C33H25N5O4S/c1-42-26-10-7-11-27(21-26)43(40,41)30-19-23(36-31-12-5-6-16-35-31)18-29-32(30)33(39)38(37(29)24-8-3-2-4-9-24)25-14-13-22-15-17-34-28(22)20-25/h2-21,34H,1H3,(H,35,36). The molecule has 0 amide bonds. The molecule has 3 aromatic heterocycles. The van der Waals surface area contributed by atoms with E-state index in [-0.39, 0.29) is 15.2 Å². The summed E-state index contributed by atoms with van der Waals surface area (Å²) >= 11 is 0. The number of rotatable bonds is 7. The smallest absolute Gasteiger partial charge is 0.280 e. The molecule has 7 rings (SSSR count). The van der Waals surface area contributed by atoms with E-state index in [4.69, 9.17) is 4.74 Å². The van der Waals surface area contributed by atoms with E-state index in [0.717, 1.165) is 10.9 Å². The predicted octanol–water partition coefficient (Wildman–Crippen LogP) is 6.24. The number of nitrogens with one attached hydrogen (secondary N) is 2. The van der Waals surface area contributed by atoms with E-state index in [9.17, 15) is 13.2 Å². The number of pyridine rings is 1. The zero-order valence-electron chi connectivity index (χ0n) is 22.9. The van der Waals surface area contributed by atoms with Crippen molar-refractivity contribution in [3.05, 3.63) is 132 Å². The van der Waals surface area contributed by atoms with Crippen LogP contribution in [0.4, 0.5) is 11.5 Å². The number of sulfone groups is 1. The van der Waals surface area contributed by atoms with Gasteiger partial charge in [0.15, 0.2) is 0 Å². The zero-order chi connectivity index (χ0) is 29.6. The summed E-state index contributed by atoms with van der Waals surface area (Å²) in [5, 5.41) is 4.27. The highest BCUT2D eigenvalue weighted by atomic mass is 32.2. The molecule has 7 aromatic rings. The molecule has 3 heterocycles. The molecule has 43 heavy (non-hydrogen) atoms. The minimum atomic E-state index is -4.20. The molecule has 0 aliphatic rings. The maximum atomic E-state index is 14.5. The Bertz CT molecular complexity index is 2290. The van der Waals surface area contributed by atoms with Gasteiger partial charge in [0.2, 0.25) is 9.84 Å². The van der Waals surface area contributed by atoms with Crippen molar-refractivity contribution in [2.24, 2.45) is 0 Å². The number of aromatic nitrogens is 4. The van der Waals surface area contributed by atoms with Crippen LogP contribution in [0.5, 0.6) is 5.75 Å². The summed E-state index contributed by atoms with van der Waals surface area (Å²) < 4.78 is 37.3. The number of methoxy groups -OCH3 is 1. The van der Waals surface area contributed by atoms with Crippen molar-refractivity contribution in [1.29, 1.82) is 0 Å². The summed E-state index contributed by atoms with van der Waals surface area (Å²) in [6.45, 7) is 0. The van der Waals surface area contributed by atoms with Gasteiger partial charge >= 0.3 is 0 Å². The lowest BCUT2D eigenvalue weighted by atomic mass is 10.2. The molecule has 4 aromatic carbocycles. The van der Waals surface area contributed by atoms with Gasteiger partial charge in [-0.05, 0) is 78.2 Å². The van der Waals surface area contributed by atoms with Gasteiger partial charge in [0, 0.05) is 23.6 Å². The number of aromatic amines is 1. The van der Waals surface area contributed by atoms with Crippen molar-refractivity contribution < 1.29 is 13.2 Å². The van der Waals surface area contributed by atoms with Crippen molar-refractivity contribution in [2.45, 2.75) is 9.79 Å². The Balaban J connectivity index is 1.59. The molecule has 9 nitrogen and oxygen atoms in total. The monoisotopic (exact) mass is 587 g/mol. The van der Waals surface area contributed by atoms with Gasteiger partial charge in [-0.3, -0.25) is 4.79 Å². The molecular weight excluding hydrogens is 562 g/mol. The minimum absolute atomic E-state index is 0.00866. The van der Waals surface area contributed by atoms with Crippen LogP contribution in [0, 0.1) is 0 Å². The molecule has 10 heteroatoms. The lowest BCUT2D eigenvalue weighted by molar-refractivity contribution is 0.413. The maximum absolute atomic E-state index is 14.5. The summed E-state index contributed by atoms with van der Waals surface area (Å²) in [7, 11) is -2.73. The van der Waals surface area contributed by atoms with Crippen LogP contribution in [0.25, 0.3) is 33.2 Å². The summed E-state index contributed by atoms with van der Waals surface area (Å²) in [5.74, 6) is 0.912. The second-order valence-corrected chi connectivity index (χ2v) is 11.8. The third-order valence-corrected chi connectivity index (χ3v) is 9.05. The SMILES string of the molecule is COc1cccc(S(=O)(=O)c2cc(Nc3ccccn3)cc3c2c(=O)n(-c2ccc4cc[nH]c4c2)n3-c2ccccc2)c1. The Morgan fingerprint density at radius 3 is 2.44 bits per heavy atom. The number of ether oxygens (including phenoxy) is 1. The van der Waals surface area contributed by atoms with E-state index in [1.165, 1.54) is 30.0 Å². The minimum Gasteiger partial charge on any atom is -0.497 e. The molecule has 0 spiro atoms. The Kier molecular flexibility index (Phi) is 6.32. The van der Waals surface area contributed by atoms with E-state index in [1.54, 1.807) is 41.2 Å². The number of fused-ring (bicyclic) bond motifs is 2. The average molecular weight is 588 g/mol. The summed E-state index contributed by atoms with van der Waals surface area (Å²) in [6, 6.07) is 31.8. The summed E-state index contributed by atoms with van der Waals surface area (Å²) in [6.07, 6.45) is 3.47. The number of para-hydroxylation sites is 1. The fraction of sp³-hybridized carbons (Fsp3) is 0.0303. The van der Waals surface area contributed by atoms with E-state index in [1.807, 2.05) is 66.9 Å². The van der Waals surface area contributed by atoms with Crippen LogP contribution in [0.3, 0.4) is 0 Å². The predicted molar refractivity (Wildman–Crippen MR) is 167 cm³/mol. The van der Waals surface area contributed by atoms with Crippen LogP contribution >= 0.6 is 0 Å². The first kappa shape index (κ1) is 26.3. The van der Waals surface area contributed by atoms with E-state index < -0.39 is 15.4 Å². The molecule has 0 saturated heterocycles.